The average Bonchev–Trinajstić information content (AvgIpc) is 3.33. The van der Waals surface area contributed by atoms with Gasteiger partial charge in [-0.2, -0.15) is 0 Å². The van der Waals surface area contributed by atoms with E-state index in [4.69, 9.17) is 14.6 Å². The molecule has 0 aliphatic rings. The number of hydrogen-bond donors (Lipinski definition) is 2. The van der Waals surface area contributed by atoms with E-state index >= 15 is 0 Å². The molecular weight excluding hydrogens is 334 g/mol. The van der Waals surface area contributed by atoms with Crippen LogP contribution in [-0.4, -0.2) is 16.8 Å². The fourth-order valence-electron chi connectivity index (χ4n) is 2.52. The molecule has 3 amide bonds. The van der Waals surface area contributed by atoms with Gasteiger partial charge in [-0.3, -0.25) is 4.79 Å². The fraction of sp³-hybridized carbons (Fsp3) is 0.158. The minimum Gasteiger partial charge on any atom is -0.467 e. The van der Waals surface area contributed by atoms with Crippen LogP contribution in [0.3, 0.4) is 0 Å². The molecule has 2 heterocycles. The molecule has 0 aliphatic heterocycles. The van der Waals surface area contributed by atoms with Crippen LogP contribution < -0.4 is 11.1 Å². The molecule has 0 atom stereocenters. The molecule has 26 heavy (non-hydrogen) atoms. The van der Waals surface area contributed by atoms with Gasteiger partial charge in [-0.15, -0.1) is 0 Å². The summed E-state index contributed by atoms with van der Waals surface area (Å²) in [6.07, 6.45) is 3.15. The first-order chi connectivity index (χ1) is 12.6. The highest BCUT2D eigenvalue weighted by atomic mass is 16.3. The number of nitrogens with zero attached hydrogens (tertiary/aromatic N) is 1. The lowest BCUT2D eigenvalue weighted by molar-refractivity contribution is 0.0705. The Bertz CT molecular complexity index is 803. The van der Waals surface area contributed by atoms with Crippen molar-refractivity contribution in [1.29, 1.82) is 0 Å². The maximum absolute atomic E-state index is 12.9. The number of benzene rings is 1. The maximum Gasteiger partial charge on any atom is 0.312 e. The van der Waals surface area contributed by atoms with Gasteiger partial charge in [0.05, 0.1) is 25.6 Å². The second-order valence-electron chi connectivity index (χ2n) is 5.73. The molecule has 0 saturated carbocycles. The van der Waals surface area contributed by atoms with Crippen molar-refractivity contribution in [3.05, 3.63) is 83.7 Å². The van der Waals surface area contributed by atoms with Gasteiger partial charge in [0, 0.05) is 12.1 Å². The van der Waals surface area contributed by atoms with Crippen LogP contribution in [0.15, 0.2) is 69.9 Å². The third-order valence-corrected chi connectivity index (χ3v) is 3.81. The van der Waals surface area contributed by atoms with Crippen LogP contribution in [0.4, 0.5) is 4.79 Å². The number of carbonyl (C=O) groups is 2. The van der Waals surface area contributed by atoms with Crippen LogP contribution in [0.1, 0.15) is 27.4 Å². The predicted octanol–water partition coefficient (Wildman–Crippen LogP) is 2.88. The normalized spacial score (nSPS) is 10.5. The van der Waals surface area contributed by atoms with Gasteiger partial charge in [0.25, 0.3) is 5.91 Å². The van der Waals surface area contributed by atoms with E-state index < -0.39 is 6.03 Å². The summed E-state index contributed by atoms with van der Waals surface area (Å²) in [4.78, 5) is 25.3. The summed E-state index contributed by atoms with van der Waals surface area (Å²) in [6, 6.07) is 13.6. The number of carbonyl (C=O) groups excluding carboxylic acids is 2. The van der Waals surface area contributed by atoms with Crippen LogP contribution in [-0.2, 0) is 19.6 Å². The summed E-state index contributed by atoms with van der Waals surface area (Å²) in [5.41, 5.74) is 6.44. The number of amides is 3. The number of rotatable bonds is 7. The Kier molecular flexibility index (Phi) is 5.38. The lowest BCUT2D eigenvalue weighted by Crippen LogP contribution is -2.30. The SMILES string of the molecule is NC(=O)NCc1ccc(C(=O)N(Cc2ccco2)Cc2ccco2)cc1. The molecule has 0 fully saturated rings. The molecule has 0 bridgehead atoms. The lowest BCUT2D eigenvalue weighted by atomic mass is 10.1. The Morgan fingerprint density at radius 2 is 1.50 bits per heavy atom. The van der Waals surface area contributed by atoms with Crippen molar-refractivity contribution >= 4 is 11.9 Å². The zero-order chi connectivity index (χ0) is 18.4. The van der Waals surface area contributed by atoms with Gasteiger partial charge in [-0.1, -0.05) is 12.1 Å². The highest BCUT2D eigenvalue weighted by Gasteiger charge is 2.19. The third kappa shape index (κ3) is 4.54. The predicted molar refractivity (Wildman–Crippen MR) is 93.9 cm³/mol. The number of furan rings is 2. The molecule has 134 valence electrons. The molecule has 7 nitrogen and oxygen atoms in total. The van der Waals surface area contributed by atoms with Crippen molar-refractivity contribution in [2.75, 3.05) is 0 Å². The van der Waals surface area contributed by atoms with Gasteiger partial charge in [-0.05, 0) is 42.0 Å². The van der Waals surface area contributed by atoms with Crippen molar-refractivity contribution in [3.63, 3.8) is 0 Å². The van der Waals surface area contributed by atoms with Gasteiger partial charge in [0.2, 0.25) is 0 Å². The number of nitrogens with one attached hydrogen (secondary N) is 1. The zero-order valence-electron chi connectivity index (χ0n) is 14.1. The standard InChI is InChI=1S/C19H19N3O4/c20-19(24)21-11-14-5-7-15(8-6-14)18(23)22(12-16-3-1-9-25-16)13-17-4-2-10-26-17/h1-10H,11-13H2,(H3,20,21,24). The monoisotopic (exact) mass is 353 g/mol. The molecule has 7 heteroatoms. The minimum absolute atomic E-state index is 0.146. The van der Waals surface area contributed by atoms with Crippen molar-refractivity contribution < 1.29 is 18.4 Å². The molecule has 2 aromatic heterocycles. The molecule has 0 spiro atoms. The van der Waals surface area contributed by atoms with E-state index in [1.54, 1.807) is 53.8 Å². The van der Waals surface area contributed by atoms with Crippen LogP contribution in [0, 0.1) is 0 Å². The molecule has 1 aromatic carbocycles. The van der Waals surface area contributed by atoms with Gasteiger partial charge < -0.3 is 24.8 Å². The molecule has 3 N–H and O–H groups in total. The summed E-state index contributed by atoms with van der Waals surface area (Å²) >= 11 is 0. The summed E-state index contributed by atoms with van der Waals surface area (Å²) in [5.74, 6) is 1.23. The van der Waals surface area contributed by atoms with Gasteiger partial charge in [-0.25, -0.2) is 4.79 Å². The van der Waals surface area contributed by atoms with E-state index in [0.717, 1.165) is 5.56 Å². The minimum atomic E-state index is -0.590. The topological polar surface area (TPSA) is 102 Å². The first kappa shape index (κ1) is 17.3. The van der Waals surface area contributed by atoms with Crippen LogP contribution >= 0.6 is 0 Å². The van der Waals surface area contributed by atoms with Crippen molar-refractivity contribution in [2.24, 2.45) is 5.73 Å². The fourth-order valence-corrected chi connectivity index (χ4v) is 2.52. The summed E-state index contributed by atoms with van der Waals surface area (Å²) in [6.45, 7) is 0.974. The Labute approximate surface area is 150 Å². The van der Waals surface area contributed by atoms with E-state index in [1.165, 1.54) is 0 Å². The molecule has 0 unspecified atom stereocenters. The molecule has 0 saturated heterocycles. The number of hydrogen-bond acceptors (Lipinski definition) is 4. The second-order valence-corrected chi connectivity index (χ2v) is 5.73. The van der Waals surface area contributed by atoms with Gasteiger partial charge >= 0.3 is 6.03 Å². The van der Waals surface area contributed by atoms with E-state index in [1.807, 2.05) is 12.1 Å². The van der Waals surface area contributed by atoms with Crippen LogP contribution in [0.2, 0.25) is 0 Å². The number of primary amides is 1. The third-order valence-electron chi connectivity index (χ3n) is 3.81. The Hall–Kier alpha value is -3.48. The highest BCUT2D eigenvalue weighted by Crippen LogP contribution is 2.15. The smallest absolute Gasteiger partial charge is 0.312 e. The van der Waals surface area contributed by atoms with E-state index in [2.05, 4.69) is 5.32 Å². The highest BCUT2D eigenvalue weighted by molar-refractivity contribution is 5.94. The van der Waals surface area contributed by atoms with Gasteiger partial charge in [0.1, 0.15) is 11.5 Å². The van der Waals surface area contributed by atoms with Crippen LogP contribution in [0.5, 0.6) is 0 Å². The Morgan fingerprint density at radius 3 is 1.96 bits per heavy atom. The zero-order valence-corrected chi connectivity index (χ0v) is 14.1. The van der Waals surface area contributed by atoms with E-state index in [9.17, 15) is 9.59 Å². The Balaban J connectivity index is 1.74. The summed E-state index contributed by atoms with van der Waals surface area (Å²) < 4.78 is 10.7. The van der Waals surface area contributed by atoms with E-state index in [-0.39, 0.29) is 5.91 Å². The lowest BCUT2D eigenvalue weighted by Gasteiger charge is -2.21. The summed E-state index contributed by atoms with van der Waals surface area (Å²) in [5, 5.41) is 2.51. The number of nitrogens with two attached hydrogens (primary N) is 1. The van der Waals surface area contributed by atoms with Crippen LogP contribution in [0.25, 0.3) is 0 Å². The van der Waals surface area contributed by atoms with Crippen molar-refractivity contribution in [1.82, 2.24) is 10.2 Å². The molecule has 3 aromatic rings. The first-order valence-electron chi connectivity index (χ1n) is 8.08. The second kappa shape index (κ2) is 8.06. The van der Waals surface area contributed by atoms with Crippen molar-refractivity contribution in [2.45, 2.75) is 19.6 Å². The molecular formula is C19H19N3O4. The largest absolute Gasteiger partial charge is 0.467 e. The average molecular weight is 353 g/mol. The summed E-state index contributed by atoms with van der Waals surface area (Å²) in [7, 11) is 0. The first-order valence-corrected chi connectivity index (χ1v) is 8.08. The molecule has 3 rings (SSSR count). The molecule has 0 radical (unpaired) electrons. The Morgan fingerprint density at radius 1 is 0.923 bits per heavy atom. The van der Waals surface area contributed by atoms with Crippen molar-refractivity contribution in [3.8, 4) is 0 Å². The number of urea groups is 1. The van der Waals surface area contributed by atoms with E-state index in [0.29, 0.717) is 36.7 Å². The quantitative estimate of drug-likeness (QED) is 0.682. The molecule has 0 aliphatic carbocycles. The van der Waals surface area contributed by atoms with Gasteiger partial charge in [0.15, 0.2) is 0 Å². The maximum atomic E-state index is 12.9.